The number of aromatic nitrogens is 1. The molecule has 3 aromatic carbocycles. The number of carboxylic acids is 1. The average molecular weight is 493 g/mol. The fourth-order valence-electron chi connectivity index (χ4n) is 3.41. The Morgan fingerprint density at radius 2 is 1.76 bits per heavy atom. The van der Waals surface area contributed by atoms with Crippen LogP contribution in [0.15, 0.2) is 93.8 Å². The number of sulfonamides is 1. The van der Waals surface area contributed by atoms with Crippen LogP contribution in [-0.2, 0) is 16.4 Å². The van der Waals surface area contributed by atoms with Crippen LogP contribution < -0.4 is 10.9 Å². The number of rotatable bonds is 7. The van der Waals surface area contributed by atoms with E-state index in [1.54, 1.807) is 12.1 Å². The summed E-state index contributed by atoms with van der Waals surface area (Å²) in [5.74, 6) is -1.13. The van der Waals surface area contributed by atoms with Crippen molar-refractivity contribution in [3.05, 3.63) is 101 Å². The number of primary sulfonamides is 1. The van der Waals surface area contributed by atoms with Gasteiger partial charge in [0.15, 0.2) is 5.69 Å². The summed E-state index contributed by atoms with van der Waals surface area (Å²) in [6.07, 6.45) is 1.79. The fourth-order valence-corrected chi connectivity index (χ4v) is 4.59. The molecule has 0 atom stereocenters. The van der Waals surface area contributed by atoms with E-state index in [0.29, 0.717) is 17.7 Å². The summed E-state index contributed by atoms with van der Waals surface area (Å²) in [5, 5.41) is 18.2. The maximum Gasteiger partial charge on any atom is 0.355 e. The summed E-state index contributed by atoms with van der Waals surface area (Å²) in [7, 11) is -3.80. The van der Waals surface area contributed by atoms with E-state index in [2.05, 4.69) is 9.98 Å². The third kappa shape index (κ3) is 5.20. The van der Waals surface area contributed by atoms with Crippen LogP contribution in [0.3, 0.4) is 0 Å². The number of nitrogens with zero attached hydrogens (tertiary/aromatic N) is 2. The lowest BCUT2D eigenvalue weighted by molar-refractivity contribution is 0.0691. The highest BCUT2D eigenvalue weighted by molar-refractivity contribution is 7.89. The SMILES string of the molecule is NC=C(Cc1ccc(S(N)(=O)=O)cc1)C(=Nc1nc(C(=O)O)cs1)c1ccc2ccccc2c1. The molecule has 0 bridgehead atoms. The van der Waals surface area contributed by atoms with Crippen molar-refractivity contribution in [1.29, 1.82) is 0 Å². The Balaban J connectivity index is 1.78. The maximum atomic E-state index is 11.6. The Morgan fingerprint density at radius 1 is 1.06 bits per heavy atom. The first-order valence-electron chi connectivity index (χ1n) is 10.0. The number of fused-ring (bicyclic) bond motifs is 1. The van der Waals surface area contributed by atoms with Crippen LogP contribution in [0.25, 0.3) is 10.8 Å². The number of thiazole rings is 1. The monoisotopic (exact) mass is 492 g/mol. The van der Waals surface area contributed by atoms with Crippen molar-refractivity contribution in [2.24, 2.45) is 15.9 Å². The molecule has 0 aliphatic carbocycles. The second-order valence-corrected chi connectivity index (χ2v) is 9.80. The maximum absolute atomic E-state index is 11.6. The van der Waals surface area contributed by atoms with Crippen molar-refractivity contribution in [2.75, 3.05) is 0 Å². The van der Waals surface area contributed by atoms with E-state index >= 15 is 0 Å². The van der Waals surface area contributed by atoms with Crippen LogP contribution in [0.2, 0.25) is 0 Å². The number of hydrogen-bond donors (Lipinski definition) is 3. The molecular weight excluding hydrogens is 472 g/mol. The normalized spacial score (nSPS) is 12.7. The minimum absolute atomic E-state index is 0.0157. The predicted octanol–water partition coefficient (Wildman–Crippen LogP) is 3.85. The molecule has 1 aromatic heterocycles. The van der Waals surface area contributed by atoms with Gasteiger partial charge in [0.2, 0.25) is 15.2 Å². The van der Waals surface area contributed by atoms with Crippen LogP contribution in [0, 0.1) is 0 Å². The average Bonchev–Trinajstić information content (AvgIpc) is 3.30. The molecule has 0 amide bonds. The molecule has 34 heavy (non-hydrogen) atoms. The molecule has 0 saturated heterocycles. The zero-order chi connectivity index (χ0) is 24.3. The Bertz CT molecular complexity index is 1540. The molecule has 0 aliphatic heterocycles. The number of carbonyl (C=O) groups is 1. The second kappa shape index (κ2) is 9.56. The van der Waals surface area contributed by atoms with Gasteiger partial charge in [-0.2, -0.15) is 0 Å². The van der Waals surface area contributed by atoms with Crippen LogP contribution >= 0.6 is 11.3 Å². The van der Waals surface area contributed by atoms with Gasteiger partial charge in [0.1, 0.15) is 0 Å². The van der Waals surface area contributed by atoms with Crippen LogP contribution in [0.1, 0.15) is 21.6 Å². The predicted molar refractivity (Wildman–Crippen MR) is 133 cm³/mol. The van der Waals surface area contributed by atoms with E-state index < -0.39 is 16.0 Å². The van der Waals surface area contributed by atoms with E-state index in [9.17, 15) is 18.3 Å². The number of benzene rings is 3. The first-order chi connectivity index (χ1) is 16.2. The van der Waals surface area contributed by atoms with Gasteiger partial charge in [-0.1, -0.05) is 48.5 Å². The van der Waals surface area contributed by atoms with Crippen molar-refractivity contribution >= 4 is 48.9 Å². The summed E-state index contributed by atoms with van der Waals surface area (Å²) >= 11 is 1.12. The van der Waals surface area contributed by atoms with Crippen LogP contribution in [0.5, 0.6) is 0 Å². The van der Waals surface area contributed by atoms with Gasteiger partial charge in [-0.15, -0.1) is 11.3 Å². The lowest BCUT2D eigenvalue weighted by atomic mass is 9.95. The second-order valence-electron chi connectivity index (χ2n) is 7.40. The number of allylic oxidation sites excluding steroid dienone is 1. The molecule has 4 aromatic rings. The molecule has 0 aliphatic rings. The molecule has 172 valence electrons. The lowest BCUT2D eigenvalue weighted by Crippen LogP contribution is -2.12. The van der Waals surface area contributed by atoms with Gasteiger partial charge in [-0.25, -0.2) is 28.3 Å². The van der Waals surface area contributed by atoms with Crippen molar-refractivity contribution in [1.82, 2.24) is 4.98 Å². The lowest BCUT2D eigenvalue weighted by Gasteiger charge is -2.12. The molecule has 1 heterocycles. The summed E-state index contributed by atoms with van der Waals surface area (Å²) in [5.41, 5.74) is 8.69. The first-order valence-corrected chi connectivity index (χ1v) is 12.5. The van der Waals surface area contributed by atoms with Crippen molar-refractivity contribution < 1.29 is 18.3 Å². The minimum atomic E-state index is -3.80. The van der Waals surface area contributed by atoms with Gasteiger partial charge in [-0.05, 0) is 46.3 Å². The van der Waals surface area contributed by atoms with Gasteiger partial charge < -0.3 is 10.8 Å². The summed E-state index contributed by atoms with van der Waals surface area (Å²) in [6.45, 7) is 0. The number of nitrogens with two attached hydrogens (primary N) is 2. The zero-order valence-electron chi connectivity index (χ0n) is 17.8. The topological polar surface area (TPSA) is 149 Å². The standard InChI is InChI=1S/C24H20N4O4S2/c25-13-19(11-15-5-9-20(10-6-15)34(26,31)32)22(28-24-27-21(14-33-24)23(29)30)18-8-7-16-3-1-2-4-17(16)12-18/h1-10,12-14H,11,25H2,(H,29,30)(H2,26,31,32). The highest BCUT2D eigenvalue weighted by Gasteiger charge is 2.16. The third-order valence-electron chi connectivity index (χ3n) is 5.09. The highest BCUT2D eigenvalue weighted by Crippen LogP contribution is 2.26. The van der Waals surface area contributed by atoms with Crippen molar-refractivity contribution in [3.8, 4) is 0 Å². The fraction of sp³-hybridized carbons (Fsp3) is 0.0417. The first kappa shape index (κ1) is 23.3. The number of aromatic carboxylic acids is 1. The largest absolute Gasteiger partial charge is 0.476 e. The molecule has 0 spiro atoms. The Kier molecular flexibility index (Phi) is 6.55. The molecule has 5 N–H and O–H groups in total. The van der Waals surface area contributed by atoms with E-state index in [0.717, 1.165) is 33.2 Å². The zero-order valence-corrected chi connectivity index (χ0v) is 19.4. The molecule has 8 nitrogen and oxygen atoms in total. The van der Waals surface area contributed by atoms with E-state index in [-0.39, 0.29) is 15.7 Å². The summed E-state index contributed by atoms with van der Waals surface area (Å²) < 4.78 is 23.1. The molecule has 0 fully saturated rings. The molecule has 0 unspecified atom stereocenters. The van der Waals surface area contributed by atoms with E-state index in [4.69, 9.17) is 10.9 Å². The Labute approximate surface area is 200 Å². The highest BCUT2D eigenvalue weighted by atomic mass is 32.2. The van der Waals surface area contributed by atoms with Gasteiger partial charge in [-0.3, -0.25) is 0 Å². The van der Waals surface area contributed by atoms with E-state index in [1.165, 1.54) is 23.7 Å². The van der Waals surface area contributed by atoms with Gasteiger partial charge in [0.25, 0.3) is 0 Å². The van der Waals surface area contributed by atoms with Gasteiger partial charge in [0.05, 0.1) is 10.6 Å². The van der Waals surface area contributed by atoms with Crippen molar-refractivity contribution in [2.45, 2.75) is 11.3 Å². The molecule has 10 heteroatoms. The van der Waals surface area contributed by atoms with Crippen LogP contribution in [0.4, 0.5) is 5.13 Å². The third-order valence-corrected chi connectivity index (χ3v) is 6.76. The summed E-state index contributed by atoms with van der Waals surface area (Å²) in [6, 6.07) is 19.9. The van der Waals surface area contributed by atoms with Gasteiger partial charge >= 0.3 is 5.97 Å². The van der Waals surface area contributed by atoms with Crippen LogP contribution in [-0.4, -0.2) is 30.2 Å². The quantitative estimate of drug-likeness (QED) is 0.334. The van der Waals surface area contributed by atoms with Gasteiger partial charge in [0, 0.05) is 17.4 Å². The number of carboxylic acid groups (broad SMARTS) is 1. The molecule has 0 radical (unpaired) electrons. The number of hydrogen-bond acceptors (Lipinski definition) is 7. The smallest absolute Gasteiger partial charge is 0.355 e. The van der Waals surface area contributed by atoms with E-state index in [1.807, 2.05) is 42.5 Å². The molecule has 4 rings (SSSR count). The Hall–Kier alpha value is -3.86. The number of aliphatic imine (C=N–C) groups is 1. The molecular formula is C24H20N4O4S2. The summed E-state index contributed by atoms with van der Waals surface area (Å²) in [4.78, 5) is 20.0. The van der Waals surface area contributed by atoms with Crippen molar-refractivity contribution in [3.63, 3.8) is 0 Å². The minimum Gasteiger partial charge on any atom is -0.476 e. The Morgan fingerprint density at radius 3 is 2.38 bits per heavy atom. The molecule has 0 saturated carbocycles.